The van der Waals surface area contributed by atoms with Gasteiger partial charge in [0.25, 0.3) is 0 Å². The maximum absolute atomic E-state index is 10.7. The van der Waals surface area contributed by atoms with Crippen molar-refractivity contribution in [1.29, 1.82) is 0 Å². The Labute approximate surface area is 76.8 Å². The lowest BCUT2D eigenvalue weighted by Crippen LogP contribution is -2.53. The third-order valence-corrected chi connectivity index (χ3v) is 1.95. The van der Waals surface area contributed by atoms with E-state index in [9.17, 15) is 9.59 Å². The van der Waals surface area contributed by atoms with Crippen LogP contribution in [0.2, 0.25) is 0 Å². The number of aliphatic hydroxyl groups excluding tert-OH is 1. The van der Waals surface area contributed by atoms with Crippen molar-refractivity contribution in [2.24, 2.45) is 0 Å². The summed E-state index contributed by atoms with van der Waals surface area (Å²) in [5.74, 6) is -2.52. The molecule has 0 aliphatic rings. The van der Waals surface area contributed by atoms with Gasteiger partial charge in [-0.05, 0) is 6.92 Å². The first kappa shape index (κ1) is 11.4. The summed E-state index contributed by atoms with van der Waals surface area (Å²) in [5.41, 5.74) is -2.44. The minimum absolute atomic E-state index is 0.287. The molecule has 0 heterocycles. The van der Waals surface area contributed by atoms with Crippen LogP contribution in [0.3, 0.4) is 0 Å². The molecular formula is C5H10AlNO5. The molecule has 2 atom stereocenters. The molecule has 0 aliphatic heterocycles. The molecule has 0 aromatic rings. The number of rotatable bonds is 3. The van der Waals surface area contributed by atoms with Gasteiger partial charge in [-0.15, -0.1) is 0 Å². The zero-order valence-electron chi connectivity index (χ0n) is 6.74. The fourth-order valence-corrected chi connectivity index (χ4v) is 0.782. The molecule has 1 amide bonds. The second-order valence-corrected chi connectivity index (χ2v) is 2.97. The Bertz CT molecular complexity index is 204. The average Bonchev–Trinajstić information content (AvgIpc) is 2.01. The van der Waals surface area contributed by atoms with E-state index < -0.39 is 23.6 Å². The topological polar surface area (TPSA) is 107 Å². The van der Waals surface area contributed by atoms with Crippen LogP contribution in [0.4, 0.5) is 0 Å². The Kier molecular flexibility index (Phi) is 3.67. The number of hydrogen-bond acceptors (Lipinski definition) is 4. The first-order valence-electron chi connectivity index (χ1n) is 3.19. The predicted molar refractivity (Wildman–Crippen MR) is 41.0 cm³/mol. The lowest BCUT2D eigenvalue weighted by Gasteiger charge is -2.22. The summed E-state index contributed by atoms with van der Waals surface area (Å²) in [6.07, 6.45) is -1.94. The van der Waals surface area contributed by atoms with Crippen molar-refractivity contribution in [3.63, 3.8) is 0 Å². The molecule has 0 rings (SSSR count). The van der Waals surface area contributed by atoms with E-state index in [4.69, 9.17) is 15.3 Å². The number of aliphatic hydroxyl groups is 2. The predicted octanol–water partition coefficient (Wildman–Crippen LogP) is -3.15. The number of amides is 1. The molecule has 1 unspecified atom stereocenters. The van der Waals surface area contributed by atoms with Gasteiger partial charge in [0.15, 0.2) is 11.7 Å². The van der Waals surface area contributed by atoms with Crippen molar-refractivity contribution in [2.75, 3.05) is 0 Å². The van der Waals surface area contributed by atoms with E-state index in [1.165, 1.54) is 0 Å². The summed E-state index contributed by atoms with van der Waals surface area (Å²) in [5, 5.41) is 26.4. The van der Waals surface area contributed by atoms with Crippen LogP contribution < -0.4 is 4.30 Å². The number of hydrogen-bond donors (Lipinski definition) is 4. The van der Waals surface area contributed by atoms with Crippen molar-refractivity contribution in [1.82, 2.24) is 4.30 Å². The molecule has 0 aliphatic carbocycles. The van der Waals surface area contributed by atoms with Crippen LogP contribution >= 0.6 is 0 Å². The molecule has 0 radical (unpaired) electrons. The van der Waals surface area contributed by atoms with Crippen molar-refractivity contribution in [3.05, 3.63) is 0 Å². The van der Waals surface area contributed by atoms with Crippen LogP contribution in [-0.4, -0.2) is 55.4 Å². The van der Waals surface area contributed by atoms with E-state index in [2.05, 4.69) is 4.30 Å². The third-order valence-electron chi connectivity index (χ3n) is 1.46. The van der Waals surface area contributed by atoms with Crippen molar-refractivity contribution in [3.8, 4) is 0 Å². The second-order valence-electron chi connectivity index (χ2n) is 2.47. The molecule has 6 nitrogen and oxygen atoms in total. The number of carboxylic acids is 1. The maximum atomic E-state index is 10.7. The largest absolute Gasteiger partial charge is 0.479 e. The normalized spacial score (nSPS) is 17.6. The lowest BCUT2D eigenvalue weighted by atomic mass is 9.99. The number of nitrogens with one attached hydrogen (secondary N) is 1. The van der Waals surface area contributed by atoms with Crippen molar-refractivity contribution in [2.45, 2.75) is 18.6 Å². The first-order valence-corrected chi connectivity index (χ1v) is 4.19. The van der Waals surface area contributed by atoms with Gasteiger partial charge >= 0.3 is 22.5 Å². The number of carboxylic acid groups (broad SMARTS) is 1. The van der Waals surface area contributed by atoms with Gasteiger partial charge in [-0.2, -0.15) is 0 Å². The molecule has 12 heavy (non-hydrogen) atoms. The Morgan fingerprint density at radius 1 is 1.58 bits per heavy atom. The van der Waals surface area contributed by atoms with Crippen LogP contribution in [0.5, 0.6) is 0 Å². The molecule has 0 spiro atoms. The molecule has 4 N–H and O–H groups in total. The lowest BCUT2D eigenvalue weighted by molar-refractivity contribution is -0.172. The summed E-state index contributed by atoms with van der Waals surface area (Å²) >= 11 is 0.287. The molecule has 68 valence electrons. The average molecular weight is 191 g/mol. The minimum Gasteiger partial charge on any atom is -0.479 e. The summed E-state index contributed by atoms with van der Waals surface area (Å²) in [6.45, 7) is 0.858. The van der Waals surface area contributed by atoms with E-state index in [0.29, 0.717) is 0 Å². The fourth-order valence-electron chi connectivity index (χ4n) is 0.509. The van der Waals surface area contributed by atoms with Gasteiger partial charge in [0, 0.05) is 0 Å². The Hall–Kier alpha value is -0.608. The summed E-state index contributed by atoms with van der Waals surface area (Å²) < 4.78 is 2.15. The fraction of sp³-hybridized carbons (Fsp3) is 0.600. The molecule has 0 fully saturated rings. The Balaban J connectivity index is 4.56. The molecule has 7 heteroatoms. The van der Waals surface area contributed by atoms with E-state index in [0.717, 1.165) is 6.92 Å². The second kappa shape index (κ2) is 3.87. The zero-order chi connectivity index (χ0) is 9.94. The van der Waals surface area contributed by atoms with Gasteiger partial charge in [-0.3, -0.25) is 4.79 Å². The van der Waals surface area contributed by atoms with E-state index in [1.807, 2.05) is 0 Å². The quantitative estimate of drug-likeness (QED) is 0.352. The number of aliphatic carboxylic acids is 1. The van der Waals surface area contributed by atoms with Gasteiger partial charge in [0.1, 0.15) is 0 Å². The van der Waals surface area contributed by atoms with Gasteiger partial charge < -0.3 is 19.6 Å². The number of carbonyl (C=O) groups excluding carboxylic acids is 1. The van der Waals surface area contributed by atoms with Crippen LogP contribution in [0, 0.1) is 0 Å². The van der Waals surface area contributed by atoms with Crippen LogP contribution in [0.25, 0.3) is 0 Å². The van der Waals surface area contributed by atoms with Crippen LogP contribution in [-0.2, 0) is 9.59 Å². The Morgan fingerprint density at radius 3 is 2.25 bits per heavy atom. The highest BCUT2D eigenvalue weighted by Gasteiger charge is 2.42. The third kappa shape index (κ3) is 2.19. The van der Waals surface area contributed by atoms with Crippen LogP contribution in [0.15, 0.2) is 0 Å². The SMILES string of the molecule is C[C@@](O)(C(=O)O)C(O)C(=O)[NH][AlH2]. The highest BCUT2D eigenvalue weighted by atomic mass is 27.1. The van der Waals surface area contributed by atoms with Gasteiger partial charge in [-0.1, -0.05) is 0 Å². The molecule has 0 aromatic heterocycles. The molecule has 0 aromatic carbocycles. The highest BCUT2D eigenvalue weighted by molar-refractivity contribution is 6.15. The zero-order valence-corrected chi connectivity index (χ0v) is 8.74. The molecular weight excluding hydrogens is 181 g/mol. The highest BCUT2D eigenvalue weighted by Crippen LogP contribution is 2.09. The molecule has 0 bridgehead atoms. The molecule has 0 saturated carbocycles. The van der Waals surface area contributed by atoms with Crippen molar-refractivity contribution >= 4 is 28.4 Å². The minimum atomic E-state index is -2.44. The first-order chi connectivity index (χ1) is 5.34. The van der Waals surface area contributed by atoms with Crippen molar-refractivity contribution < 1.29 is 24.9 Å². The van der Waals surface area contributed by atoms with E-state index >= 15 is 0 Å². The Morgan fingerprint density at radius 2 is 2.00 bits per heavy atom. The van der Waals surface area contributed by atoms with E-state index in [1.54, 1.807) is 0 Å². The summed E-state index contributed by atoms with van der Waals surface area (Å²) in [7, 11) is 0. The summed E-state index contributed by atoms with van der Waals surface area (Å²) in [4.78, 5) is 21.0. The maximum Gasteiger partial charge on any atom is 0.364 e. The summed E-state index contributed by atoms with van der Waals surface area (Å²) in [6, 6.07) is 0. The smallest absolute Gasteiger partial charge is 0.364 e. The van der Waals surface area contributed by atoms with E-state index in [-0.39, 0.29) is 16.5 Å². The number of carbonyl (C=O) groups is 2. The van der Waals surface area contributed by atoms with Gasteiger partial charge in [0.2, 0.25) is 5.91 Å². The van der Waals surface area contributed by atoms with Crippen LogP contribution in [0.1, 0.15) is 6.92 Å². The standard InChI is InChI=1S/C5H9NO5.Al.2H/c1-5(11,4(9)10)2(7)3(6)8;;;/h2,7,11H,1H3,(H3,6,8,9,10);;;/q;+1;;/p-1/t2?,5-;;;/m0.../s1. The monoisotopic (exact) mass is 191 g/mol. The van der Waals surface area contributed by atoms with Gasteiger partial charge in [0.05, 0.1) is 0 Å². The van der Waals surface area contributed by atoms with Gasteiger partial charge in [-0.25, -0.2) is 4.79 Å². The molecule has 0 saturated heterocycles.